The summed E-state index contributed by atoms with van der Waals surface area (Å²) in [5, 5.41) is 3.46. The molecule has 0 amide bonds. The lowest BCUT2D eigenvalue weighted by molar-refractivity contribution is -0.151. The van der Waals surface area contributed by atoms with Gasteiger partial charge in [-0.15, -0.1) is 0 Å². The summed E-state index contributed by atoms with van der Waals surface area (Å²) in [6, 6.07) is 0.879. The number of hydrogen-bond donors (Lipinski definition) is 1. The highest BCUT2D eigenvalue weighted by atomic mass is 16.5. The zero-order valence-corrected chi connectivity index (χ0v) is 14.3. The number of methoxy groups -OCH3 is 1. The molecule has 0 spiro atoms. The fourth-order valence-electron chi connectivity index (χ4n) is 2.47. The van der Waals surface area contributed by atoms with E-state index in [-0.39, 0.29) is 5.97 Å². The van der Waals surface area contributed by atoms with Crippen molar-refractivity contribution < 1.29 is 14.3 Å². The van der Waals surface area contributed by atoms with Crippen LogP contribution in [-0.2, 0) is 14.3 Å². The van der Waals surface area contributed by atoms with Gasteiger partial charge < -0.3 is 14.4 Å². The molecule has 21 heavy (non-hydrogen) atoms. The Hall–Kier alpha value is -0.650. The predicted octanol–water partition coefficient (Wildman–Crippen LogP) is 1.81. The number of nitrogens with zero attached hydrogens (tertiary/aromatic N) is 1. The van der Waals surface area contributed by atoms with Crippen LogP contribution in [0.2, 0.25) is 0 Å². The summed E-state index contributed by atoms with van der Waals surface area (Å²) in [6.07, 6.45) is 4.09. The van der Waals surface area contributed by atoms with Gasteiger partial charge in [0.05, 0.1) is 13.2 Å². The lowest BCUT2D eigenvalue weighted by Crippen LogP contribution is -2.52. The smallest absolute Gasteiger partial charge is 0.326 e. The Kier molecular flexibility index (Phi) is 7.63. The van der Waals surface area contributed by atoms with E-state index >= 15 is 0 Å². The summed E-state index contributed by atoms with van der Waals surface area (Å²) >= 11 is 0. The Morgan fingerprint density at radius 1 is 1.48 bits per heavy atom. The summed E-state index contributed by atoms with van der Waals surface area (Å²) in [7, 11) is 3.82. The maximum absolute atomic E-state index is 12.2. The monoisotopic (exact) mass is 300 g/mol. The number of esters is 1. The molecular formula is C16H32N2O3. The van der Waals surface area contributed by atoms with Crippen molar-refractivity contribution in [3.8, 4) is 0 Å². The van der Waals surface area contributed by atoms with E-state index in [1.54, 1.807) is 7.11 Å². The van der Waals surface area contributed by atoms with Crippen LogP contribution in [0.3, 0.4) is 0 Å². The van der Waals surface area contributed by atoms with Crippen molar-refractivity contribution in [2.24, 2.45) is 0 Å². The first-order valence-electron chi connectivity index (χ1n) is 8.07. The lowest BCUT2D eigenvalue weighted by Gasteiger charge is -2.30. The Bertz CT molecular complexity index is 321. The molecule has 5 nitrogen and oxygen atoms in total. The molecule has 0 aromatic carbocycles. The van der Waals surface area contributed by atoms with Crippen molar-refractivity contribution in [1.29, 1.82) is 0 Å². The van der Waals surface area contributed by atoms with Crippen molar-refractivity contribution in [1.82, 2.24) is 10.2 Å². The fraction of sp³-hybridized carbons (Fsp3) is 0.938. The van der Waals surface area contributed by atoms with Crippen LogP contribution < -0.4 is 5.32 Å². The number of ether oxygens (including phenoxy) is 2. The van der Waals surface area contributed by atoms with Gasteiger partial charge in [-0.05, 0) is 60.0 Å². The molecule has 1 rings (SSSR count). The standard InChI is InChI=1S/C16H32N2O3/c1-6-21-15(19)16(3,17-14-8-9-14)10-7-11-18(4)13(2)12-20-5/h13-14,17H,6-12H2,1-5H3. The van der Waals surface area contributed by atoms with Crippen molar-refractivity contribution in [2.75, 3.05) is 33.9 Å². The minimum Gasteiger partial charge on any atom is -0.465 e. The highest BCUT2D eigenvalue weighted by Gasteiger charge is 2.39. The summed E-state index contributed by atoms with van der Waals surface area (Å²) in [5.41, 5.74) is -0.553. The van der Waals surface area contributed by atoms with Gasteiger partial charge in [-0.1, -0.05) is 0 Å². The first kappa shape index (κ1) is 18.4. The Balaban J connectivity index is 2.43. The maximum atomic E-state index is 12.2. The van der Waals surface area contributed by atoms with Gasteiger partial charge in [-0.25, -0.2) is 0 Å². The van der Waals surface area contributed by atoms with Crippen molar-refractivity contribution in [2.45, 2.75) is 64.1 Å². The van der Waals surface area contributed by atoms with Gasteiger partial charge in [0.15, 0.2) is 0 Å². The van der Waals surface area contributed by atoms with Crippen LogP contribution in [0, 0.1) is 0 Å². The molecule has 124 valence electrons. The molecule has 0 aromatic heterocycles. The normalized spacial score (nSPS) is 19.3. The van der Waals surface area contributed by atoms with Crippen LogP contribution in [0.4, 0.5) is 0 Å². The van der Waals surface area contributed by atoms with Crippen molar-refractivity contribution >= 4 is 5.97 Å². The van der Waals surface area contributed by atoms with Crippen LogP contribution in [0.15, 0.2) is 0 Å². The van der Waals surface area contributed by atoms with E-state index in [2.05, 4.69) is 24.2 Å². The van der Waals surface area contributed by atoms with Gasteiger partial charge in [0.1, 0.15) is 5.54 Å². The third kappa shape index (κ3) is 6.32. The molecule has 1 aliphatic rings. The highest BCUT2D eigenvalue weighted by molar-refractivity contribution is 5.80. The number of nitrogens with one attached hydrogen (secondary N) is 1. The second-order valence-electron chi connectivity index (χ2n) is 6.36. The highest BCUT2D eigenvalue weighted by Crippen LogP contribution is 2.26. The summed E-state index contributed by atoms with van der Waals surface area (Å²) in [4.78, 5) is 14.5. The number of rotatable bonds is 11. The van der Waals surface area contributed by atoms with Crippen molar-refractivity contribution in [3.63, 3.8) is 0 Å². The number of carbonyl (C=O) groups excluding carboxylic acids is 1. The van der Waals surface area contributed by atoms with Gasteiger partial charge in [0.25, 0.3) is 0 Å². The third-order valence-corrected chi connectivity index (χ3v) is 4.17. The number of likely N-dealkylation sites (N-methyl/N-ethyl adjacent to an activating group) is 1. The largest absolute Gasteiger partial charge is 0.465 e. The molecule has 0 radical (unpaired) electrons. The van der Waals surface area contributed by atoms with Gasteiger partial charge in [0.2, 0.25) is 0 Å². The third-order valence-electron chi connectivity index (χ3n) is 4.17. The first-order chi connectivity index (χ1) is 9.92. The second kappa shape index (κ2) is 8.71. The summed E-state index contributed by atoms with van der Waals surface area (Å²) in [5.74, 6) is -0.121. The van der Waals surface area contributed by atoms with E-state index in [0.717, 1.165) is 26.0 Å². The fourth-order valence-corrected chi connectivity index (χ4v) is 2.47. The van der Waals surface area contributed by atoms with Crippen LogP contribution in [0.25, 0.3) is 0 Å². The number of hydrogen-bond acceptors (Lipinski definition) is 5. The Morgan fingerprint density at radius 2 is 2.14 bits per heavy atom. The molecule has 2 atom stereocenters. The molecule has 0 heterocycles. The molecule has 1 saturated carbocycles. The molecule has 2 unspecified atom stereocenters. The minimum atomic E-state index is -0.553. The lowest BCUT2D eigenvalue weighted by atomic mass is 9.95. The van der Waals surface area contributed by atoms with E-state index in [0.29, 0.717) is 18.7 Å². The van der Waals surface area contributed by atoms with Crippen LogP contribution in [0.1, 0.15) is 46.5 Å². The zero-order valence-electron chi connectivity index (χ0n) is 14.3. The van der Waals surface area contributed by atoms with E-state index in [1.165, 1.54) is 12.8 Å². The van der Waals surface area contributed by atoms with E-state index < -0.39 is 5.54 Å². The maximum Gasteiger partial charge on any atom is 0.326 e. The predicted molar refractivity (Wildman–Crippen MR) is 84.4 cm³/mol. The van der Waals surface area contributed by atoms with Gasteiger partial charge in [-0.2, -0.15) is 0 Å². The number of carbonyl (C=O) groups is 1. The zero-order chi connectivity index (χ0) is 15.9. The van der Waals surface area contributed by atoms with E-state index in [4.69, 9.17) is 9.47 Å². The average Bonchev–Trinajstić information content (AvgIpc) is 3.22. The quantitative estimate of drug-likeness (QED) is 0.590. The van der Waals surface area contributed by atoms with E-state index in [1.807, 2.05) is 13.8 Å². The second-order valence-corrected chi connectivity index (χ2v) is 6.36. The SMILES string of the molecule is CCOC(=O)C(C)(CCCN(C)C(C)COC)NC1CC1. The van der Waals surface area contributed by atoms with Crippen LogP contribution in [-0.4, -0.2) is 62.4 Å². The summed E-state index contributed by atoms with van der Waals surface area (Å²) in [6.45, 7) is 8.09. The molecule has 0 aromatic rings. The van der Waals surface area contributed by atoms with Gasteiger partial charge >= 0.3 is 5.97 Å². The molecule has 1 N–H and O–H groups in total. The average molecular weight is 300 g/mol. The molecule has 0 saturated heterocycles. The van der Waals surface area contributed by atoms with Crippen LogP contribution >= 0.6 is 0 Å². The van der Waals surface area contributed by atoms with Gasteiger partial charge in [0, 0.05) is 19.2 Å². The minimum absolute atomic E-state index is 0.121. The molecule has 5 heteroatoms. The molecule has 0 aliphatic heterocycles. The topological polar surface area (TPSA) is 50.8 Å². The summed E-state index contributed by atoms with van der Waals surface area (Å²) < 4.78 is 10.4. The van der Waals surface area contributed by atoms with Gasteiger partial charge in [-0.3, -0.25) is 10.1 Å². The molecular weight excluding hydrogens is 268 g/mol. The van der Waals surface area contributed by atoms with Crippen LogP contribution in [0.5, 0.6) is 0 Å². The molecule has 1 fully saturated rings. The Labute approximate surface area is 129 Å². The Morgan fingerprint density at radius 3 is 2.67 bits per heavy atom. The van der Waals surface area contributed by atoms with E-state index in [9.17, 15) is 4.79 Å². The van der Waals surface area contributed by atoms with Crippen molar-refractivity contribution in [3.05, 3.63) is 0 Å². The molecule has 0 bridgehead atoms. The first-order valence-corrected chi connectivity index (χ1v) is 8.07. The molecule has 1 aliphatic carbocycles.